The number of halogens is 1. The van der Waals surface area contributed by atoms with Gasteiger partial charge in [-0.25, -0.2) is 26.0 Å². The van der Waals surface area contributed by atoms with Crippen LogP contribution < -0.4 is 14.2 Å². The lowest BCUT2D eigenvalue weighted by Gasteiger charge is -2.08. The van der Waals surface area contributed by atoms with E-state index in [2.05, 4.69) is 92.0 Å². The van der Waals surface area contributed by atoms with Crippen LogP contribution in [0.5, 0.6) is 0 Å². The second kappa shape index (κ2) is 15.1. The van der Waals surface area contributed by atoms with Crippen LogP contribution in [-0.4, -0.2) is 22.6 Å². The molecule has 4 aromatic rings. The summed E-state index contributed by atoms with van der Waals surface area (Å²) in [5.41, 5.74) is 3.93. The van der Waals surface area contributed by atoms with Crippen LogP contribution in [0, 0.1) is 5.92 Å². The molecule has 0 saturated heterocycles. The van der Waals surface area contributed by atoms with Crippen LogP contribution in [0.15, 0.2) is 146 Å². The molecular weight excluding hydrogens is 692 g/mol. The Labute approximate surface area is 298 Å². The summed E-state index contributed by atoms with van der Waals surface area (Å²) in [5, 5.41) is 12.1. The van der Waals surface area contributed by atoms with E-state index in [1.54, 1.807) is 0 Å². The number of benzene rings is 2. The minimum absolute atomic E-state index is 0.0165. The Morgan fingerprint density at radius 1 is 0.780 bits per heavy atom. The van der Waals surface area contributed by atoms with Crippen molar-refractivity contribution in [2.24, 2.45) is 5.92 Å². The topological polar surface area (TPSA) is 116 Å². The zero-order valence-electron chi connectivity index (χ0n) is 28.2. The van der Waals surface area contributed by atoms with Gasteiger partial charge in [0.15, 0.2) is 31.3 Å². The molecule has 0 fully saturated rings. The first-order valence-electron chi connectivity index (χ1n) is 16.1. The molecule has 8 nitrogen and oxygen atoms in total. The lowest BCUT2D eigenvalue weighted by Crippen LogP contribution is -2.33. The summed E-state index contributed by atoms with van der Waals surface area (Å²) in [6.45, 7) is 10.8. The molecule has 6 rings (SSSR count). The number of pyridine rings is 2. The fourth-order valence-corrected chi connectivity index (χ4v) is 8.88. The van der Waals surface area contributed by atoms with Crippen molar-refractivity contribution in [1.29, 1.82) is 0 Å². The fraction of sp³-hybridized carbons (Fsp3) is 0.205. The number of allylic oxidation sites excluding steroid dienone is 6. The number of aryl methyl sites for hydroxylation is 1. The van der Waals surface area contributed by atoms with Gasteiger partial charge in [0.25, 0.3) is 0 Å². The van der Waals surface area contributed by atoms with Gasteiger partial charge < -0.3 is 5.11 Å². The highest BCUT2D eigenvalue weighted by Gasteiger charge is 2.39. The second-order valence-electron chi connectivity index (χ2n) is 12.6. The van der Waals surface area contributed by atoms with Crippen molar-refractivity contribution < 1.29 is 35.9 Å². The highest BCUT2D eigenvalue weighted by Crippen LogP contribution is 2.39. The molecule has 0 saturated carbocycles. The van der Waals surface area contributed by atoms with Gasteiger partial charge in [-0.2, -0.15) is 0 Å². The van der Waals surface area contributed by atoms with Gasteiger partial charge in [-0.1, -0.05) is 67.1 Å². The Kier molecular flexibility index (Phi) is 11.1. The molecule has 0 spiro atoms. The number of carbonyl (C=O) groups excluding carboxylic acids is 1. The third-order valence-corrected chi connectivity index (χ3v) is 12.1. The maximum atomic E-state index is 12.6. The van der Waals surface area contributed by atoms with Gasteiger partial charge in [-0.3, -0.25) is 4.79 Å². The number of ketones is 1. The number of rotatable bonds is 8. The van der Waals surface area contributed by atoms with Crippen LogP contribution in [0.1, 0.15) is 50.0 Å². The molecule has 0 bridgehead atoms. The van der Waals surface area contributed by atoms with E-state index in [4.69, 9.17) is 11.6 Å². The Morgan fingerprint density at radius 2 is 1.30 bits per heavy atom. The van der Waals surface area contributed by atoms with E-state index in [9.17, 15) is 26.7 Å². The van der Waals surface area contributed by atoms with Crippen molar-refractivity contribution in [2.75, 3.05) is 0 Å². The first-order chi connectivity index (χ1) is 23.7. The maximum Gasteiger partial charge on any atom is 0.211 e. The molecule has 2 aromatic heterocycles. The molecule has 258 valence electrons. The molecule has 2 aliphatic rings. The molecule has 2 aromatic carbocycles. The van der Waals surface area contributed by atoms with Crippen molar-refractivity contribution in [1.82, 2.24) is 0 Å². The summed E-state index contributed by atoms with van der Waals surface area (Å²) >= 11 is 6.04. The number of carbonyl (C=O) groups is 1. The van der Waals surface area contributed by atoms with Gasteiger partial charge in [-0.15, -0.1) is 0 Å². The van der Waals surface area contributed by atoms with E-state index in [1.807, 2.05) is 0 Å². The van der Waals surface area contributed by atoms with Crippen LogP contribution in [0.4, 0.5) is 0 Å². The molecule has 50 heavy (non-hydrogen) atoms. The second-order valence-corrected chi connectivity index (χ2v) is 16.8. The van der Waals surface area contributed by atoms with Crippen LogP contribution in [0.3, 0.4) is 0 Å². The van der Waals surface area contributed by atoms with Crippen molar-refractivity contribution in [2.45, 2.75) is 57.0 Å². The van der Waals surface area contributed by atoms with Crippen molar-refractivity contribution >= 4 is 42.8 Å². The number of hydrogen-bond donors (Lipinski definition) is 0. The number of aromatic nitrogens is 2. The minimum Gasteiger partial charge on any atom is -0.871 e. The molecule has 0 N–H and O–H groups in total. The number of Topliss-reactive ketones (excluding diaryl/α,β-unsaturated/α-hetero) is 1. The number of nitrogens with zero attached hydrogens (tertiary/aromatic N) is 2. The van der Waals surface area contributed by atoms with E-state index >= 15 is 0 Å². The molecule has 2 aliphatic heterocycles. The van der Waals surface area contributed by atoms with Gasteiger partial charge in [-0.05, 0) is 72.9 Å². The summed E-state index contributed by atoms with van der Waals surface area (Å²) in [4.78, 5) is 11.0. The summed E-state index contributed by atoms with van der Waals surface area (Å²) < 4.78 is 54.7. The first kappa shape index (κ1) is 36.6. The summed E-state index contributed by atoms with van der Waals surface area (Å²) in [7, 11) is -8.16. The van der Waals surface area contributed by atoms with E-state index in [-0.39, 0.29) is 26.0 Å². The van der Waals surface area contributed by atoms with Crippen molar-refractivity contribution in [3.63, 3.8) is 0 Å². The number of hydrogen-bond acceptors (Lipinski definition) is 6. The van der Waals surface area contributed by atoms with E-state index in [0.717, 1.165) is 31.2 Å². The largest absolute Gasteiger partial charge is 0.871 e. The normalized spacial score (nSPS) is 16.6. The average Bonchev–Trinajstić information content (AvgIpc) is 3.41. The highest BCUT2D eigenvalue weighted by molar-refractivity contribution is 7.97. The van der Waals surface area contributed by atoms with Gasteiger partial charge in [0, 0.05) is 41.3 Å². The smallest absolute Gasteiger partial charge is 0.211 e. The Morgan fingerprint density at radius 3 is 1.82 bits per heavy atom. The van der Waals surface area contributed by atoms with Crippen LogP contribution >= 0.6 is 11.6 Å². The van der Waals surface area contributed by atoms with Gasteiger partial charge in [0.05, 0.1) is 14.7 Å². The van der Waals surface area contributed by atoms with Gasteiger partial charge in [0.2, 0.25) is 25.5 Å². The Bertz CT molecular complexity index is 2280. The lowest BCUT2D eigenvalue weighted by atomic mass is 10.1. The maximum absolute atomic E-state index is 12.6. The predicted molar refractivity (Wildman–Crippen MR) is 192 cm³/mol. The van der Waals surface area contributed by atoms with Crippen LogP contribution in [-0.2, 0) is 32.8 Å². The SMILES string of the molecule is CC(C)=CC[n+]1ccc(-c2cc[n+](CCC(C)C)cc2)cc1.O=C1C(=CC(Cl)=CC2=C([O-])c3ccccc3S2(=O)=O)S(=O)(=O)c2ccccc21. The Hall–Kier alpha value is -4.64. The zero-order chi connectivity index (χ0) is 36.2. The zero-order valence-corrected chi connectivity index (χ0v) is 30.6. The summed E-state index contributed by atoms with van der Waals surface area (Å²) in [6, 6.07) is 20.2. The van der Waals surface area contributed by atoms with E-state index in [0.29, 0.717) is 0 Å². The first-order valence-corrected chi connectivity index (χ1v) is 19.4. The standard InChI is InChI=1S/C20H28N2.C19H11ClO6S2/c1-17(2)5-11-21-13-7-19(8-14-21)20-9-15-22(16-10-20)12-6-18(3)4;20-11(9-16-18(21)12-5-1-3-7-14(12)27(16,23)24)10-17-19(22)13-6-2-4-8-15(13)28(17,25)26/h5,7-10,13-16,18H,6,11-12H2,1-4H3;1-10,21H/q+2;/p-1. The molecule has 4 heterocycles. The highest BCUT2D eigenvalue weighted by atomic mass is 35.5. The summed E-state index contributed by atoms with van der Waals surface area (Å²) in [5.74, 6) is -0.732. The minimum atomic E-state index is -4.08. The molecule has 0 amide bonds. The van der Waals surface area contributed by atoms with Crippen LogP contribution in [0.2, 0.25) is 0 Å². The van der Waals surface area contributed by atoms with E-state index in [1.165, 1.54) is 71.7 Å². The molecule has 0 radical (unpaired) electrons. The molecule has 0 aliphatic carbocycles. The molecular formula is C39H38ClN2O6S2+. The average molecular weight is 730 g/mol. The van der Waals surface area contributed by atoms with Crippen molar-refractivity contribution in [3.05, 3.63) is 147 Å². The quantitative estimate of drug-likeness (QED) is 0.123. The molecule has 0 atom stereocenters. The lowest BCUT2D eigenvalue weighted by molar-refractivity contribution is -0.698. The number of sulfone groups is 2. The molecule has 0 unspecified atom stereocenters. The predicted octanol–water partition coefficient (Wildman–Crippen LogP) is 6.12. The van der Waals surface area contributed by atoms with E-state index < -0.39 is 41.0 Å². The van der Waals surface area contributed by atoms with Crippen LogP contribution in [0.25, 0.3) is 16.9 Å². The van der Waals surface area contributed by atoms with Gasteiger partial charge >= 0.3 is 0 Å². The Balaban J connectivity index is 0.000000201. The molecule has 11 heteroatoms. The van der Waals surface area contributed by atoms with Gasteiger partial charge in [0.1, 0.15) is 11.4 Å². The summed E-state index contributed by atoms with van der Waals surface area (Å²) in [6.07, 6.45) is 13.9. The third kappa shape index (κ3) is 7.88. The third-order valence-electron chi connectivity index (χ3n) is 8.20. The van der Waals surface area contributed by atoms with Crippen molar-refractivity contribution in [3.8, 4) is 11.1 Å². The number of fused-ring (bicyclic) bond motifs is 2. The fourth-order valence-electron chi connectivity index (χ4n) is 5.37. The monoisotopic (exact) mass is 729 g/mol.